The number of ether oxygens (including phenoxy) is 4. The van der Waals surface area contributed by atoms with Gasteiger partial charge in [-0.3, -0.25) is 0 Å². The first-order valence-corrected chi connectivity index (χ1v) is 13.0. The first-order valence-electron chi connectivity index (χ1n) is 13.0. The highest BCUT2D eigenvalue weighted by Gasteiger charge is 2.45. The van der Waals surface area contributed by atoms with Crippen LogP contribution in [0.3, 0.4) is 0 Å². The topological polar surface area (TPSA) is 49.0 Å². The second kappa shape index (κ2) is 12.0. The van der Waals surface area contributed by atoms with Crippen molar-refractivity contribution in [3.63, 3.8) is 0 Å². The summed E-state index contributed by atoms with van der Waals surface area (Å²) in [4.78, 5) is 0. The maximum atomic E-state index is 6.62. The van der Waals surface area contributed by atoms with E-state index in [9.17, 15) is 0 Å². The molecule has 0 amide bonds. The van der Waals surface area contributed by atoms with Crippen LogP contribution in [-0.4, -0.2) is 32.0 Å². The van der Waals surface area contributed by atoms with Crippen LogP contribution in [0.4, 0.5) is 5.69 Å². The fraction of sp³-hybridized carbons (Fsp3) is 0.533. The monoisotopic (exact) mass is 479 g/mol. The summed E-state index contributed by atoms with van der Waals surface area (Å²) in [7, 11) is 1.68. The van der Waals surface area contributed by atoms with E-state index < -0.39 is 5.60 Å². The van der Waals surface area contributed by atoms with Crippen LogP contribution in [-0.2, 0) is 16.0 Å². The van der Waals surface area contributed by atoms with Gasteiger partial charge in [-0.25, -0.2) is 0 Å². The highest BCUT2D eigenvalue weighted by Crippen LogP contribution is 2.44. The number of hydrogen-bond donors (Lipinski definition) is 1. The van der Waals surface area contributed by atoms with E-state index in [2.05, 4.69) is 56.1 Å². The quantitative estimate of drug-likeness (QED) is 0.349. The van der Waals surface area contributed by atoms with Crippen molar-refractivity contribution in [3.05, 3.63) is 66.2 Å². The molecule has 5 nitrogen and oxygen atoms in total. The van der Waals surface area contributed by atoms with Gasteiger partial charge in [-0.05, 0) is 62.1 Å². The van der Waals surface area contributed by atoms with Crippen molar-refractivity contribution in [1.29, 1.82) is 0 Å². The molecule has 1 aliphatic heterocycles. The van der Waals surface area contributed by atoms with Crippen LogP contribution in [0, 0.1) is 5.92 Å². The van der Waals surface area contributed by atoms with Crippen molar-refractivity contribution in [2.75, 3.05) is 25.6 Å². The molecule has 0 aromatic heterocycles. The van der Waals surface area contributed by atoms with E-state index in [1.54, 1.807) is 13.2 Å². The fourth-order valence-electron chi connectivity index (χ4n) is 5.26. The lowest BCUT2D eigenvalue weighted by Gasteiger charge is -2.44. The largest absolute Gasteiger partial charge is 0.497 e. The van der Waals surface area contributed by atoms with Crippen LogP contribution in [0.1, 0.15) is 69.6 Å². The van der Waals surface area contributed by atoms with Crippen LogP contribution in [0.5, 0.6) is 11.5 Å². The van der Waals surface area contributed by atoms with Crippen LogP contribution < -0.4 is 14.8 Å². The van der Waals surface area contributed by atoms with Crippen LogP contribution in [0.2, 0.25) is 0 Å². The highest BCUT2D eigenvalue weighted by molar-refractivity contribution is 5.54. The summed E-state index contributed by atoms with van der Waals surface area (Å²) < 4.78 is 24.6. The molecule has 1 N–H and O–H groups in total. The van der Waals surface area contributed by atoms with E-state index in [-0.39, 0.29) is 12.2 Å². The van der Waals surface area contributed by atoms with Crippen molar-refractivity contribution >= 4 is 5.69 Å². The Balaban J connectivity index is 1.50. The lowest BCUT2D eigenvalue weighted by Crippen LogP contribution is -2.51. The normalized spacial score (nSPS) is 21.6. The van der Waals surface area contributed by atoms with Crippen molar-refractivity contribution in [1.82, 2.24) is 0 Å². The molecular formula is C30H41NO4. The van der Waals surface area contributed by atoms with Crippen LogP contribution in [0.15, 0.2) is 55.1 Å². The fourth-order valence-corrected chi connectivity index (χ4v) is 5.26. The average Bonchev–Trinajstić information content (AvgIpc) is 2.87. The predicted octanol–water partition coefficient (Wildman–Crippen LogP) is 7.08. The summed E-state index contributed by atoms with van der Waals surface area (Å²) in [6.45, 7) is 9.92. The number of benzene rings is 2. The van der Waals surface area contributed by atoms with Gasteiger partial charge in [0.05, 0.1) is 13.7 Å². The molecule has 1 saturated carbocycles. The van der Waals surface area contributed by atoms with Gasteiger partial charge in [0.15, 0.2) is 0 Å². The Morgan fingerprint density at radius 2 is 1.83 bits per heavy atom. The van der Waals surface area contributed by atoms with E-state index in [1.165, 1.54) is 37.7 Å². The van der Waals surface area contributed by atoms with Gasteiger partial charge < -0.3 is 24.3 Å². The third kappa shape index (κ3) is 6.59. The Hall–Kier alpha value is -2.50. The number of nitrogens with one attached hydrogen (secondary N) is 1. The van der Waals surface area contributed by atoms with E-state index in [0.29, 0.717) is 6.61 Å². The Morgan fingerprint density at radius 1 is 1.06 bits per heavy atom. The third-order valence-electron chi connectivity index (χ3n) is 7.25. The number of fused-ring (bicyclic) bond motifs is 1. The Morgan fingerprint density at radius 3 is 2.54 bits per heavy atom. The third-order valence-corrected chi connectivity index (χ3v) is 7.25. The molecule has 190 valence electrons. The smallest absolute Gasteiger partial charge is 0.132 e. The lowest BCUT2D eigenvalue weighted by atomic mass is 9.86. The van der Waals surface area contributed by atoms with Crippen LogP contribution >= 0.6 is 0 Å². The van der Waals surface area contributed by atoms with Crippen molar-refractivity contribution < 1.29 is 18.9 Å². The minimum absolute atomic E-state index is 0.194. The predicted molar refractivity (Wildman–Crippen MR) is 141 cm³/mol. The zero-order chi connectivity index (χ0) is 24.7. The van der Waals surface area contributed by atoms with Gasteiger partial charge in [-0.15, -0.1) is 6.58 Å². The van der Waals surface area contributed by atoms with Gasteiger partial charge in [-0.1, -0.05) is 50.3 Å². The summed E-state index contributed by atoms with van der Waals surface area (Å²) in [5, 5.41) is 3.55. The zero-order valence-electron chi connectivity index (χ0n) is 21.6. The average molecular weight is 480 g/mol. The van der Waals surface area contributed by atoms with Crippen molar-refractivity contribution in [2.24, 2.45) is 5.92 Å². The van der Waals surface area contributed by atoms with Crippen LogP contribution in [0.25, 0.3) is 0 Å². The van der Waals surface area contributed by atoms with E-state index >= 15 is 0 Å². The molecule has 2 aliphatic rings. The molecule has 1 fully saturated rings. The van der Waals surface area contributed by atoms with E-state index in [1.807, 2.05) is 12.1 Å². The summed E-state index contributed by atoms with van der Waals surface area (Å²) in [6, 6.07) is 14.4. The summed E-state index contributed by atoms with van der Waals surface area (Å²) in [5.74, 6) is 2.51. The molecule has 1 heterocycles. The molecule has 35 heavy (non-hydrogen) atoms. The van der Waals surface area contributed by atoms with E-state index in [0.717, 1.165) is 48.2 Å². The van der Waals surface area contributed by atoms with Crippen molar-refractivity contribution in [2.45, 2.75) is 76.7 Å². The van der Waals surface area contributed by atoms with Gasteiger partial charge in [-0.2, -0.15) is 0 Å². The van der Waals surface area contributed by atoms with Gasteiger partial charge >= 0.3 is 0 Å². The molecule has 0 saturated heterocycles. The molecule has 0 radical (unpaired) electrons. The van der Waals surface area contributed by atoms with Gasteiger partial charge in [0.1, 0.15) is 29.3 Å². The minimum atomic E-state index is -0.510. The maximum Gasteiger partial charge on any atom is 0.132 e. The maximum absolute atomic E-state index is 6.62. The number of anilines is 1. The van der Waals surface area contributed by atoms with Crippen molar-refractivity contribution in [3.8, 4) is 11.5 Å². The van der Waals surface area contributed by atoms with Gasteiger partial charge in [0.2, 0.25) is 0 Å². The minimum Gasteiger partial charge on any atom is -0.497 e. The summed E-state index contributed by atoms with van der Waals surface area (Å²) >= 11 is 0. The summed E-state index contributed by atoms with van der Waals surface area (Å²) in [6.07, 6.45) is 9.22. The first-order chi connectivity index (χ1) is 17.0. The summed E-state index contributed by atoms with van der Waals surface area (Å²) in [5.41, 5.74) is 2.75. The molecule has 4 rings (SSSR count). The Bertz CT molecular complexity index is 949. The second-order valence-electron chi connectivity index (χ2n) is 10.3. The molecule has 0 spiro atoms. The molecule has 2 aromatic rings. The molecule has 2 atom stereocenters. The zero-order valence-corrected chi connectivity index (χ0v) is 21.6. The lowest BCUT2D eigenvalue weighted by molar-refractivity contribution is -0.158. The molecule has 0 bridgehead atoms. The Labute approximate surface area is 210 Å². The molecule has 1 aliphatic carbocycles. The Kier molecular flexibility index (Phi) is 8.74. The molecule has 2 aromatic carbocycles. The molecule has 5 heteroatoms. The van der Waals surface area contributed by atoms with Gasteiger partial charge in [0, 0.05) is 24.4 Å². The van der Waals surface area contributed by atoms with Gasteiger partial charge in [0.25, 0.3) is 0 Å². The SMILES string of the molecule is C=CCOC1C(OCCC2CCCCC2)c2cc(NCc3ccc(OC)cc3)ccc2OC1(C)C. The molecule has 2 unspecified atom stereocenters. The first kappa shape index (κ1) is 25.6. The van der Waals surface area contributed by atoms with E-state index in [4.69, 9.17) is 18.9 Å². The number of methoxy groups -OCH3 is 1. The molecular weight excluding hydrogens is 438 g/mol. The highest BCUT2D eigenvalue weighted by atomic mass is 16.6. The number of hydrogen-bond acceptors (Lipinski definition) is 5. The second-order valence-corrected chi connectivity index (χ2v) is 10.3. The standard InChI is InChI=1S/C30H41NO4/c1-5-18-34-29-28(33-19-17-22-9-7-6-8-10-22)26-20-24(13-16-27(26)35-30(29,2)3)31-21-23-11-14-25(32-4)15-12-23/h5,11-16,20,22,28-29,31H,1,6-10,17-19,21H2,2-4H3. The number of rotatable bonds is 11.